The molecule has 0 spiro atoms. The van der Waals surface area contributed by atoms with Crippen LogP contribution in [0.1, 0.15) is 54.7 Å². The second-order valence-electron chi connectivity index (χ2n) is 25.8. The molecule has 0 bridgehead atoms. The molecule has 21 rings (SSSR count). The lowest BCUT2D eigenvalue weighted by molar-refractivity contribution is -0.655. The van der Waals surface area contributed by atoms with Crippen molar-refractivity contribution >= 4 is 160 Å². The number of nitrogen functional groups attached to an aromatic ring is 2. The number of Topliss-reactive ketones (excluding diaryl/α,β-unsaturated/α-hetero) is 1. The number of allylic oxidation sites excluding steroid dienone is 3. The van der Waals surface area contributed by atoms with Crippen molar-refractivity contribution < 1.29 is 23.7 Å². The van der Waals surface area contributed by atoms with E-state index in [1.165, 1.54) is 143 Å². The minimum atomic E-state index is -0.436. The first-order valence-corrected chi connectivity index (χ1v) is 34.8. The Balaban J connectivity index is 0.000000101. The van der Waals surface area contributed by atoms with Gasteiger partial charge in [0.05, 0.1) is 33.6 Å². The average Bonchev–Trinajstić information content (AvgIpc) is 0.913. The highest BCUT2D eigenvalue weighted by atomic mass is 16.2. The van der Waals surface area contributed by atoms with Crippen molar-refractivity contribution in [2.45, 2.75) is 27.3 Å². The Bertz CT molecular complexity index is 6280. The molecule has 5 heterocycles. The quantitative estimate of drug-likeness (QED) is 0.0370. The number of H-pyrrole nitrogens is 3. The Kier molecular flexibility index (Phi) is 18.7. The smallest absolute Gasteiger partial charge is 0.233 e. The summed E-state index contributed by atoms with van der Waals surface area (Å²) in [7, 11) is 0. The molecule has 105 heavy (non-hydrogen) atoms. The normalized spacial score (nSPS) is 12.1. The summed E-state index contributed by atoms with van der Waals surface area (Å²) in [4.78, 5) is 62.5. The summed E-state index contributed by atoms with van der Waals surface area (Å²) in [6, 6.07) is 91.9. The van der Waals surface area contributed by atoms with Crippen molar-refractivity contribution in [3.8, 4) is 11.3 Å². The number of anilines is 2. The molecule has 19 aromatic rings. The second kappa shape index (κ2) is 29.3. The lowest BCUT2D eigenvalue weighted by atomic mass is 9.90. The van der Waals surface area contributed by atoms with Gasteiger partial charge in [0.15, 0.2) is 11.6 Å². The molecule has 0 unspecified atom stereocenters. The maximum Gasteiger partial charge on any atom is 0.233 e. The number of imidazole rings is 1. The van der Waals surface area contributed by atoms with Gasteiger partial charge >= 0.3 is 0 Å². The summed E-state index contributed by atoms with van der Waals surface area (Å²) >= 11 is 0. The van der Waals surface area contributed by atoms with E-state index in [-0.39, 0.29) is 11.6 Å². The molecule has 12 nitrogen and oxygen atoms in total. The maximum atomic E-state index is 11.2. The number of ketones is 4. The largest absolute Gasteiger partial charge is 0.399 e. The van der Waals surface area contributed by atoms with Crippen LogP contribution >= 0.6 is 0 Å². The van der Waals surface area contributed by atoms with E-state index < -0.39 is 11.6 Å². The van der Waals surface area contributed by atoms with Crippen LogP contribution in [0.4, 0.5) is 11.4 Å². The molecule has 14 aromatic carbocycles. The summed E-state index contributed by atoms with van der Waals surface area (Å²) < 4.78 is 2.32. The lowest BCUT2D eigenvalue weighted by Crippen LogP contribution is -2.36. The minimum absolute atomic E-state index is 0.0924. The summed E-state index contributed by atoms with van der Waals surface area (Å²) in [5.74, 6) is -1.03. The Labute approximate surface area is 604 Å². The molecule has 12 heteroatoms. The number of rotatable bonds is 2. The fourth-order valence-corrected chi connectivity index (χ4v) is 14.5. The standard InChI is InChI=1S/C21H19N3.C20H12.C17H14N2.2C10H6O2.C8H7N.C7H6N2/c1-2-24-20-13-16(23)9-11-18(20)17-10-8-15(22)12-19(17)21(24)14-6-4-3-5-7-14;1-5-13-6-2-11-17-18-12-4-8-14-7-3-10-16(20(14)18)15(9-1)19(13)17;1-10-14-9-18-8-7-12(14)11(2)17-16(10)13-5-3-4-6-15(13)19-17;11-9-5-6-10(12)8-4-2-1-3-7(8)9;11-9-6-5-7-3-1-2-4-8(7)10(9)12;1-2-4-8-7(3-1)5-6-9-8;1-2-4-7-6(3-1)8-5-9-7/h3-13,23H,2,22H2,1H3;1-12H;3-9,19H,1-2H3;2*1-6H;1-6,9H;1-5H,(H,8,9)/p+1. The van der Waals surface area contributed by atoms with Crippen LogP contribution in [-0.2, 0) is 11.3 Å². The van der Waals surface area contributed by atoms with E-state index in [1.807, 2.05) is 85.3 Å². The maximum absolute atomic E-state index is 11.2. The van der Waals surface area contributed by atoms with Crippen molar-refractivity contribution in [2.24, 2.45) is 0 Å². The number of para-hydroxylation sites is 4. The molecule has 0 saturated carbocycles. The number of aromatic nitrogens is 6. The number of aromatic amines is 3. The van der Waals surface area contributed by atoms with E-state index in [0.717, 1.165) is 40.0 Å². The number of hydrogen-bond donors (Lipinski definition) is 5. The molecule has 5 aromatic heterocycles. The van der Waals surface area contributed by atoms with E-state index in [0.29, 0.717) is 16.7 Å². The first-order valence-electron chi connectivity index (χ1n) is 34.8. The minimum Gasteiger partial charge on any atom is -0.399 e. The highest BCUT2D eigenvalue weighted by Crippen LogP contribution is 2.41. The van der Waals surface area contributed by atoms with Crippen LogP contribution < -0.4 is 16.0 Å². The summed E-state index contributed by atoms with van der Waals surface area (Å²) in [5.41, 5.74) is 27.9. The zero-order chi connectivity index (χ0) is 72.1. The van der Waals surface area contributed by atoms with Gasteiger partial charge < -0.3 is 26.4 Å². The van der Waals surface area contributed by atoms with E-state index in [4.69, 9.17) is 11.5 Å². The van der Waals surface area contributed by atoms with E-state index in [9.17, 15) is 19.2 Å². The summed E-state index contributed by atoms with van der Waals surface area (Å²) in [5, 5.41) is 20.9. The van der Waals surface area contributed by atoms with Gasteiger partial charge in [0, 0.05) is 90.9 Å². The fourth-order valence-electron chi connectivity index (χ4n) is 14.5. The number of hydrogen-bond acceptors (Lipinski definition) is 8. The monoisotopic (exact) mass is 1360 g/mol. The molecule has 0 saturated heterocycles. The zero-order valence-electron chi connectivity index (χ0n) is 57.9. The van der Waals surface area contributed by atoms with Crippen LogP contribution in [0.3, 0.4) is 0 Å². The van der Waals surface area contributed by atoms with E-state index in [1.54, 1.807) is 48.8 Å². The SMILES string of the molecule is CC[n+]1c(-c2ccccc2)c2cc(N)ccc2c2ccc(N)cc21.Cc1c2ccncc2c(C)c2c1[nH]c1ccccc12.O=C1C=CC(=O)c2ccccc21.O=C1C=Cc2ccccc2C1=O.c1cc2cccc3c4cccc5cccc(c(c1)c23)c54.c1ccc2[nH]ccc2c1.c1ccc2[nH]cnc2c1. The van der Waals surface area contributed by atoms with Crippen molar-refractivity contribution in [3.05, 3.63) is 350 Å². The number of carbonyl (C=O) groups is 4. The van der Waals surface area contributed by atoms with E-state index >= 15 is 0 Å². The number of pyridine rings is 2. The molecule has 506 valence electrons. The topological polar surface area (TPSA) is 197 Å². The van der Waals surface area contributed by atoms with Crippen molar-refractivity contribution in [2.75, 3.05) is 11.5 Å². The van der Waals surface area contributed by atoms with Crippen LogP contribution in [-0.4, -0.2) is 48.1 Å². The number of nitrogens with two attached hydrogens (primary N) is 2. The third kappa shape index (κ3) is 13.2. The molecule has 0 fully saturated rings. The van der Waals surface area contributed by atoms with Gasteiger partial charge in [0.2, 0.25) is 22.8 Å². The first-order chi connectivity index (χ1) is 51.4. The number of fused-ring (bicyclic) bond motifs is 13. The highest BCUT2D eigenvalue weighted by molar-refractivity contribution is 6.50. The molecule has 2 aliphatic carbocycles. The van der Waals surface area contributed by atoms with Crippen molar-refractivity contribution in [1.29, 1.82) is 0 Å². The van der Waals surface area contributed by atoms with Gasteiger partial charge in [-0.25, -0.2) is 4.98 Å². The van der Waals surface area contributed by atoms with Gasteiger partial charge in [-0.2, -0.15) is 4.57 Å². The molecule has 7 N–H and O–H groups in total. The number of aryl methyl sites for hydroxylation is 3. The Hall–Kier alpha value is -14.0. The summed E-state index contributed by atoms with van der Waals surface area (Å²) in [6.45, 7) is 7.38. The second-order valence-corrected chi connectivity index (χ2v) is 25.8. The van der Waals surface area contributed by atoms with Crippen LogP contribution in [0.5, 0.6) is 0 Å². The molecule has 0 radical (unpaired) electrons. The van der Waals surface area contributed by atoms with E-state index in [2.05, 4.69) is 220 Å². The van der Waals surface area contributed by atoms with Crippen molar-refractivity contribution in [3.63, 3.8) is 0 Å². The average molecular weight is 1360 g/mol. The zero-order valence-corrected chi connectivity index (χ0v) is 57.9. The Morgan fingerprint density at radius 1 is 0.400 bits per heavy atom. The van der Waals surface area contributed by atoms with Gasteiger partial charge in [-0.15, -0.1) is 0 Å². The number of carbonyl (C=O) groups excluding carboxylic acids is 4. The van der Waals surface area contributed by atoms with Crippen LogP contribution in [0.25, 0.3) is 137 Å². The number of nitrogens with zero attached hydrogens (tertiary/aromatic N) is 3. The van der Waals surface area contributed by atoms with Gasteiger partial charge in [-0.05, 0) is 182 Å². The third-order valence-corrected chi connectivity index (χ3v) is 19.5. The number of nitrogens with one attached hydrogen (secondary N) is 3. The predicted molar refractivity (Wildman–Crippen MR) is 433 cm³/mol. The van der Waals surface area contributed by atoms with Crippen LogP contribution in [0.15, 0.2) is 316 Å². The van der Waals surface area contributed by atoms with Crippen molar-refractivity contribution in [1.82, 2.24) is 24.9 Å². The van der Waals surface area contributed by atoms with Gasteiger partial charge in [-0.1, -0.05) is 200 Å². The molecular weight excluding hydrogens is 1290 g/mol. The van der Waals surface area contributed by atoms with Gasteiger partial charge in [-0.3, -0.25) is 24.2 Å². The fraction of sp³-hybridized carbons (Fsp3) is 0.0430. The van der Waals surface area contributed by atoms with Crippen LogP contribution in [0.2, 0.25) is 0 Å². The predicted octanol–water partition coefficient (Wildman–Crippen LogP) is 21.2. The summed E-state index contributed by atoms with van der Waals surface area (Å²) in [6.07, 6.45) is 13.1. The highest BCUT2D eigenvalue weighted by Gasteiger charge is 2.24. The molecule has 0 aliphatic heterocycles. The third-order valence-electron chi connectivity index (χ3n) is 19.5. The van der Waals surface area contributed by atoms with Gasteiger partial charge in [0.25, 0.3) is 0 Å². The molecule has 2 aliphatic rings. The molecular formula is C93H71N8O4+. The van der Waals surface area contributed by atoms with Gasteiger partial charge in [0.1, 0.15) is 6.54 Å². The Morgan fingerprint density at radius 3 is 1.59 bits per heavy atom. The van der Waals surface area contributed by atoms with Crippen LogP contribution in [0, 0.1) is 13.8 Å². The lowest BCUT2D eigenvalue weighted by Gasteiger charge is -2.13. The first kappa shape index (κ1) is 66.9. The Morgan fingerprint density at radius 2 is 0.943 bits per heavy atom. The number of benzene rings is 14. The molecule has 0 amide bonds. The molecule has 0 atom stereocenters.